The van der Waals surface area contributed by atoms with Crippen LogP contribution in [0.2, 0.25) is 0 Å². The van der Waals surface area contributed by atoms with Crippen LogP contribution in [0.15, 0.2) is 109 Å². The van der Waals surface area contributed by atoms with E-state index in [1.807, 2.05) is 43.3 Å². The van der Waals surface area contributed by atoms with E-state index in [1.165, 1.54) is 0 Å². The Balaban J connectivity index is 1.46. The van der Waals surface area contributed by atoms with Gasteiger partial charge in [-0.15, -0.1) is 0 Å². The molecule has 0 aliphatic carbocycles. The Labute approximate surface area is 204 Å². The van der Waals surface area contributed by atoms with Gasteiger partial charge in [-0.05, 0) is 67.6 Å². The number of para-hydroxylation sites is 2. The lowest BCUT2D eigenvalue weighted by Gasteiger charge is -2.21. The lowest BCUT2D eigenvalue weighted by Crippen LogP contribution is -2.30. The van der Waals surface area contributed by atoms with Crippen LogP contribution in [0.4, 0.5) is 17.1 Å². The molecule has 0 saturated carbocycles. The fourth-order valence-corrected chi connectivity index (χ4v) is 3.68. The van der Waals surface area contributed by atoms with Crippen LogP contribution in [0.5, 0.6) is 0 Å². The van der Waals surface area contributed by atoms with E-state index in [0.29, 0.717) is 34.6 Å². The number of hydrogen-bond acceptors (Lipinski definition) is 3. The number of carbonyl (C=O) groups is 3. The first-order valence-electron chi connectivity index (χ1n) is 11.3. The van der Waals surface area contributed by atoms with Gasteiger partial charge in [0, 0.05) is 29.0 Å². The zero-order valence-electron chi connectivity index (χ0n) is 19.3. The summed E-state index contributed by atoms with van der Waals surface area (Å²) in [5.74, 6) is -0.786. The summed E-state index contributed by atoms with van der Waals surface area (Å²) in [5, 5.41) is 5.64. The average molecular weight is 464 g/mol. The van der Waals surface area contributed by atoms with Gasteiger partial charge in [0.15, 0.2) is 0 Å². The van der Waals surface area contributed by atoms with E-state index < -0.39 is 0 Å². The van der Waals surface area contributed by atoms with Crippen LogP contribution in [0.25, 0.3) is 0 Å². The van der Waals surface area contributed by atoms with Crippen LogP contribution in [-0.2, 0) is 0 Å². The van der Waals surface area contributed by atoms with Crippen molar-refractivity contribution in [2.45, 2.75) is 6.92 Å². The summed E-state index contributed by atoms with van der Waals surface area (Å²) >= 11 is 0. The maximum atomic E-state index is 13.0. The first kappa shape index (κ1) is 23.4. The van der Waals surface area contributed by atoms with E-state index in [0.717, 1.165) is 5.69 Å². The fourth-order valence-electron chi connectivity index (χ4n) is 3.68. The van der Waals surface area contributed by atoms with Crippen molar-refractivity contribution in [3.05, 3.63) is 126 Å². The second kappa shape index (κ2) is 10.9. The Morgan fingerprint density at radius 1 is 0.629 bits per heavy atom. The summed E-state index contributed by atoms with van der Waals surface area (Å²) in [4.78, 5) is 40.2. The number of benzene rings is 4. The summed E-state index contributed by atoms with van der Waals surface area (Å²) in [6.07, 6.45) is 0. The highest BCUT2D eigenvalue weighted by molar-refractivity contribution is 6.12. The molecule has 0 radical (unpaired) electrons. The highest BCUT2D eigenvalue weighted by Gasteiger charge is 2.17. The van der Waals surface area contributed by atoms with Crippen molar-refractivity contribution in [1.82, 2.24) is 0 Å². The molecule has 0 heterocycles. The Morgan fingerprint density at radius 3 is 1.89 bits per heavy atom. The first-order valence-corrected chi connectivity index (χ1v) is 11.3. The zero-order chi connectivity index (χ0) is 24.6. The van der Waals surface area contributed by atoms with E-state index in [2.05, 4.69) is 10.6 Å². The Kier molecular flexibility index (Phi) is 7.33. The number of nitrogens with zero attached hydrogens (tertiary/aromatic N) is 1. The van der Waals surface area contributed by atoms with Gasteiger partial charge in [0.1, 0.15) is 0 Å². The molecule has 2 N–H and O–H groups in total. The molecule has 4 aromatic carbocycles. The molecule has 4 aromatic rings. The van der Waals surface area contributed by atoms with Gasteiger partial charge in [-0.25, -0.2) is 0 Å². The molecular formula is C29H25N3O3. The van der Waals surface area contributed by atoms with E-state index in [1.54, 1.807) is 77.7 Å². The minimum Gasteiger partial charge on any atom is -0.322 e. The molecule has 0 bridgehead atoms. The van der Waals surface area contributed by atoms with Gasteiger partial charge < -0.3 is 15.5 Å². The fraction of sp³-hybridized carbons (Fsp3) is 0.0690. The zero-order valence-corrected chi connectivity index (χ0v) is 19.3. The highest BCUT2D eigenvalue weighted by atomic mass is 16.2. The van der Waals surface area contributed by atoms with Crippen LogP contribution < -0.4 is 15.5 Å². The molecule has 0 fully saturated rings. The van der Waals surface area contributed by atoms with E-state index in [9.17, 15) is 14.4 Å². The molecule has 0 saturated heterocycles. The van der Waals surface area contributed by atoms with Crippen LogP contribution in [0.1, 0.15) is 38.0 Å². The minimum absolute atomic E-state index is 0.120. The molecule has 3 amide bonds. The van der Waals surface area contributed by atoms with Crippen molar-refractivity contribution in [2.75, 3.05) is 22.1 Å². The van der Waals surface area contributed by atoms with Gasteiger partial charge in [-0.3, -0.25) is 14.4 Å². The van der Waals surface area contributed by atoms with Crippen LogP contribution in [0, 0.1) is 0 Å². The summed E-state index contributed by atoms with van der Waals surface area (Å²) < 4.78 is 0. The van der Waals surface area contributed by atoms with E-state index >= 15 is 0 Å². The van der Waals surface area contributed by atoms with Crippen LogP contribution in [0.3, 0.4) is 0 Å². The van der Waals surface area contributed by atoms with Crippen LogP contribution in [-0.4, -0.2) is 24.3 Å². The van der Waals surface area contributed by atoms with E-state index in [4.69, 9.17) is 0 Å². The molecule has 6 nitrogen and oxygen atoms in total. The third-order valence-corrected chi connectivity index (χ3v) is 5.47. The average Bonchev–Trinajstić information content (AvgIpc) is 2.91. The van der Waals surface area contributed by atoms with Gasteiger partial charge in [-0.1, -0.05) is 48.5 Å². The predicted octanol–water partition coefficient (Wildman–Crippen LogP) is 5.86. The summed E-state index contributed by atoms with van der Waals surface area (Å²) in [6.45, 7) is 2.46. The summed E-state index contributed by atoms with van der Waals surface area (Å²) in [7, 11) is 0. The smallest absolute Gasteiger partial charge is 0.258 e. The lowest BCUT2D eigenvalue weighted by molar-refractivity contribution is 0.0985. The second-order valence-electron chi connectivity index (χ2n) is 7.78. The van der Waals surface area contributed by atoms with Crippen molar-refractivity contribution in [2.24, 2.45) is 0 Å². The van der Waals surface area contributed by atoms with Crippen molar-refractivity contribution in [3.63, 3.8) is 0 Å². The molecule has 35 heavy (non-hydrogen) atoms. The van der Waals surface area contributed by atoms with Crippen molar-refractivity contribution >= 4 is 34.8 Å². The van der Waals surface area contributed by atoms with Gasteiger partial charge in [0.25, 0.3) is 17.7 Å². The van der Waals surface area contributed by atoms with Crippen molar-refractivity contribution in [1.29, 1.82) is 0 Å². The molecule has 0 aliphatic heterocycles. The maximum absolute atomic E-state index is 13.0. The minimum atomic E-state index is -0.368. The largest absolute Gasteiger partial charge is 0.322 e. The lowest BCUT2D eigenvalue weighted by atomic mass is 10.1. The monoisotopic (exact) mass is 463 g/mol. The third kappa shape index (κ3) is 5.62. The molecule has 4 rings (SSSR count). The molecule has 0 atom stereocenters. The number of anilines is 3. The Hall–Kier alpha value is -4.71. The maximum Gasteiger partial charge on any atom is 0.258 e. The SMILES string of the molecule is CCN(C(=O)c1ccc(NC(=O)c2ccccc2NC(=O)c2ccccc2)cc1)c1ccccc1. The standard InChI is InChI=1S/C29H25N3O3/c1-2-32(24-13-7-4-8-14-24)29(35)22-17-19-23(20-18-22)30-28(34)25-15-9-10-16-26(25)31-27(33)21-11-5-3-6-12-21/h3-20H,2H2,1H3,(H,30,34)(H,31,33). The van der Waals surface area contributed by atoms with Gasteiger partial charge in [-0.2, -0.15) is 0 Å². The second-order valence-corrected chi connectivity index (χ2v) is 7.78. The van der Waals surface area contributed by atoms with Crippen molar-refractivity contribution in [3.8, 4) is 0 Å². The summed E-state index contributed by atoms with van der Waals surface area (Å²) in [6, 6.07) is 31.9. The molecule has 6 heteroatoms. The quantitative estimate of drug-likeness (QED) is 0.360. The number of nitrogens with one attached hydrogen (secondary N) is 2. The molecule has 174 valence electrons. The predicted molar refractivity (Wildman–Crippen MR) is 139 cm³/mol. The number of rotatable bonds is 7. The van der Waals surface area contributed by atoms with Crippen molar-refractivity contribution < 1.29 is 14.4 Å². The number of carbonyl (C=O) groups excluding carboxylic acids is 3. The van der Waals surface area contributed by atoms with E-state index in [-0.39, 0.29) is 17.7 Å². The van der Waals surface area contributed by atoms with Gasteiger partial charge in [0.05, 0.1) is 11.3 Å². The molecule has 0 aromatic heterocycles. The normalized spacial score (nSPS) is 10.3. The molecular weight excluding hydrogens is 438 g/mol. The molecule has 0 spiro atoms. The highest BCUT2D eigenvalue weighted by Crippen LogP contribution is 2.21. The number of amides is 3. The van der Waals surface area contributed by atoms with Crippen LogP contribution >= 0.6 is 0 Å². The molecule has 0 aliphatic rings. The first-order chi connectivity index (χ1) is 17.1. The van der Waals surface area contributed by atoms with Gasteiger partial charge >= 0.3 is 0 Å². The third-order valence-electron chi connectivity index (χ3n) is 5.47. The summed E-state index contributed by atoms with van der Waals surface area (Å²) in [5.41, 5.74) is 3.12. The Bertz CT molecular complexity index is 1320. The molecule has 0 unspecified atom stereocenters. The number of hydrogen-bond donors (Lipinski definition) is 2. The van der Waals surface area contributed by atoms with Gasteiger partial charge in [0.2, 0.25) is 0 Å². The topological polar surface area (TPSA) is 78.5 Å². The Morgan fingerprint density at radius 2 is 1.23 bits per heavy atom.